The molecule has 0 unspecified atom stereocenters. The quantitative estimate of drug-likeness (QED) is 0.897. The molecule has 0 radical (unpaired) electrons. The molecule has 1 aliphatic rings. The van der Waals surface area contributed by atoms with Crippen LogP contribution in [0.4, 0.5) is 8.78 Å². The minimum Gasteiger partial charge on any atom is -0.391 e. The van der Waals surface area contributed by atoms with Gasteiger partial charge < -0.3 is 10.8 Å². The van der Waals surface area contributed by atoms with E-state index in [9.17, 15) is 13.9 Å². The molecule has 0 aliphatic heterocycles. The van der Waals surface area contributed by atoms with Gasteiger partial charge in [-0.1, -0.05) is 25.3 Å². The van der Waals surface area contributed by atoms with Crippen LogP contribution in [0.25, 0.3) is 0 Å². The molecule has 1 fully saturated rings. The molecule has 2 atom stereocenters. The molecule has 3 N–H and O–H groups in total. The van der Waals surface area contributed by atoms with E-state index < -0.39 is 23.8 Å². The van der Waals surface area contributed by atoms with Crippen LogP contribution in [0.3, 0.4) is 0 Å². The van der Waals surface area contributed by atoms with E-state index in [1.165, 1.54) is 18.2 Å². The van der Waals surface area contributed by atoms with Crippen molar-refractivity contribution in [1.29, 1.82) is 0 Å². The number of hydrogen-bond donors (Lipinski definition) is 2. The van der Waals surface area contributed by atoms with E-state index in [0.29, 0.717) is 0 Å². The molecule has 0 aromatic heterocycles. The first-order valence-electron chi connectivity index (χ1n) is 6.49. The van der Waals surface area contributed by atoms with E-state index in [2.05, 4.69) is 0 Å². The van der Waals surface area contributed by atoms with Gasteiger partial charge in [-0.15, -0.1) is 12.4 Å². The van der Waals surface area contributed by atoms with Crippen molar-refractivity contribution in [1.82, 2.24) is 0 Å². The van der Waals surface area contributed by atoms with E-state index in [1.54, 1.807) is 0 Å². The third-order valence-electron chi connectivity index (χ3n) is 3.83. The van der Waals surface area contributed by atoms with Crippen molar-refractivity contribution < 1.29 is 13.9 Å². The Bertz CT molecular complexity index is 390. The standard InChI is InChI=1S/C14H19F2NO.ClH/c15-10-7-4-8-11(16)12(10)13(17)14(18)9-5-2-1-3-6-9;/h4,7-9,13-14,18H,1-3,5-6,17H2;1H/t13-,14+;/m1./s1. The smallest absolute Gasteiger partial charge is 0.131 e. The maximum absolute atomic E-state index is 13.6. The van der Waals surface area contributed by atoms with Gasteiger partial charge in [0.15, 0.2) is 0 Å². The lowest BCUT2D eigenvalue weighted by molar-refractivity contribution is 0.0597. The maximum atomic E-state index is 13.6. The van der Waals surface area contributed by atoms with Gasteiger partial charge in [0.25, 0.3) is 0 Å². The lowest BCUT2D eigenvalue weighted by atomic mass is 9.81. The average molecular weight is 292 g/mol. The number of halogens is 3. The van der Waals surface area contributed by atoms with Crippen LogP contribution in [0.2, 0.25) is 0 Å². The predicted molar refractivity (Wildman–Crippen MR) is 73.1 cm³/mol. The van der Waals surface area contributed by atoms with Crippen molar-refractivity contribution in [3.63, 3.8) is 0 Å². The molecule has 2 rings (SSSR count). The fraction of sp³-hybridized carbons (Fsp3) is 0.571. The second-order valence-corrected chi connectivity index (χ2v) is 5.05. The van der Waals surface area contributed by atoms with Crippen LogP contribution in [-0.4, -0.2) is 11.2 Å². The maximum Gasteiger partial charge on any atom is 0.131 e. The Hall–Kier alpha value is -0.710. The topological polar surface area (TPSA) is 46.2 Å². The molecule has 108 valence electrons. The number of hydrogen-bond acceptors (Lipinski definition) is 2. The Balaban J connectivity index is 0.00000180. The molecule has 1 aromatic rings. The molecular weight excluding hydrogens is 272 g/mol. The molecule has 1 aromatic carbocycles. The van der Waals surface area contributed by atoms with Gasteiger partial charge in [-0.3, -0.25) is 0 Å². The van der Waals surface area contributed by atoms with Crippen molar-refractivity contribution >= 4 is 12.4 Å². The summed E-state index contributed by atoms with van der Waals surface area (Å²) in [7, 11) is 0. The Kier molecular flexibility index (Phi) is 6.17. The van der Waals surface area contributed by atoms with Gasteiger partial charge in [0.1, 0.15) is 11.6 Å². The largest absolute Gasteiger partial charge is 0.391 e. The Morgan fingerprint density at radius 2 is 1.63 bits per heavy atom. The third-order valence-corrected chi connectivity index (χ3v) is 3.83. The highest BCUT2D eigenvalue weighted by atomic mass is 35.5. The summed E-state index contributed by atoms with van der Waals surface area (Å²) < 4.78 is 27.2. The normalized spacial score (nSPS) is 19.6. The van der Waals surface area contributed by atoms with Gasteiger partial charge in [-0.05, 0) is 30.9 Å². The SMILES string of the molecule is Cl.N[C@H](c1c(F)cccc1F)[C@@H](O)C1CCCCC1. The summed E-state index contributed by atoms with van der Waals surface area (Å²) in [5, 5.41) is 10.2. The van der Waals surface area contributed by atoms with Crippen LogP contribution < -0.4 is 5.73 Å². The highest BCUT2D eigenvalue weighted by Crippen LogP contribution is 2.32. The van der Waals surface area contributed by atoms with Gasteiger partial charge >= 0.3 is 0 Å². The highest BCUT2D eigenvalue weighted by molar-refractivity contribution is 5.85. The number of aliphatic hydroxyl groups excluding tert-OH is 1. The Labute approximate surface area is 118 Å². The predicted octanol–water partition coefficient (Wildman–Crippen LogP) is 3.33. The van der Waals surface area contributed by atoms with E-state index in [0.717, 1.165) is 32.1 Å². The second kappa shape index (κ2) is 7.17. The number of benzene rings is 1. The fourth-order valence-corrected chi connectivity index (χ4v) is 2.77. The van der Waals surface area contributed by atoms with Crippen LogP contribution in [0.15, 0.2) is 18.2 Å². The summed E-state index contributed by atoms with van der Waals surface area (Å²) in [5.74, 6) is -1.32. The van der Waals surface area contributed by atoms with Crippen LogP contribution in [-0.2, 0) is 0 Å². The van der Waals surface area contributed by atoms with Gasteiger partial charge in [0.05, 0.1) is 12.1 Å². The van der Waals surface area contributed by atoms with E-state index in [1.807, 2.05) is 0 Å². The summed E-state index contributed by atoms with van der Waals surface area (Å²) in [6.07, 6.45) is 4.14. The van der Waals surface area contributed by atoms with Gasteiger partial charge in [0.2, 0.25) is 0 Å². The summed E-state index contributed by atoms with van der Waals surface area (Å²) in [6.45, 7) is 0. The first-order valence-corrected chi connectivity index (χ1v) is 6.49. The minimum atomic E-state index is -0.991. The molecular formula is C14H20ClF2NO. The zero-order valence-electron chi connectivity index (χ0n) is 10.7. The molecule has 2 nitrogen and oxygen atoms in total. The van der Waals surface area contributed by atoms with Crippen LogP contribution in [0, 0.1) is 17.6 Å². The molecule has 0 amide bonds. The van der Waals surface area contributed by atoms with Gasteiger partial charge in [-0.2, -0.15) is 0 Å². The van der Waals surface area contributed by atoms with Crippen LogP contribution in [0.1, 0.15) is 43.7 Å². The number of aliphatic hydroxyl groups is 1. The molecule has 0 bridgehead atoms. The van der Waals surface area contributed by atoms with Crippen molar-refractivity contribution in [2.45, 2.75) is 44.2 Å². The summed E-state index contributed by atoms with van der Waals surface area (Å²) in [5.41, 5.74) is 5.64. The summed E-state index contributed by atoms with van der Waals surface area (Å²) in [6, 6.07) is 2.65. The van der Waals surface area contributed by atoms with Gasteiger partial charge in [-0.25, -0.2) is 8.78 Å². The Morgan fingerprint density at radius 3 is 2.16 bits per heavy atom. The molecule has 0 heterocycles. The molecule has 0 spiro atoms. The summed E-state index contributed by atoms with van der Waals surface area (Å²) >= 11 is 0. The molecule has 1 saturated carbocycles. The zero-order chi connectivity index (χ0) is 13.1. The summed E-state index contributed by atoms with van der Waals surface area (Å²) in [4.78, 5) is 0. The van der Waals surface area contributed by atoms with Gasteiger partial charge in [0, 0.05) is 5.56 Å². The molecule has 0 saturated heterocycles. The first kappa shape index (κ1) is 16.3. The number of nitrogens with two attached hydrogens (primary N) is 1. The average Bonchev–Trinajstić information content (AvgIpc) is 2.38. The van der Waals surface area contributed by atoms with Crippen molar-refractivity contribution in [2.24, 2.45) is 11.7 Å². The van der Waals surface area contributed by atoms with Crippen molar-refractivity contribution in [2.75, 3.05) is 0 Å². The lowest BCUT2D eigenvalue weighted by Crippen LogP contribution is -2.35. The van der Waals surface area contributed by atoms with Crippen molar-refractivity contribution in [3.8, 4) is 0 Å². The molecule has 19 heavy (non-hydrogen) atoms. The Morgan fingerprint density at radius 1 is 1.11 bits per heavy atom. The highest BCUT2D eigenvalue weighted by Gasteiger charge is 2.30. The van der Waals surface area contributed by atoms with E-state index >= 15 is 0 Å². The molecule has 1 aliphatic carbocycles. The van der Waals surface area contributed by atoms with Crippen LogP contribution in [0.5, 0.6) is 0 Å². The van der Waals surface area contributed by atoms with E-state index in [4.69, 9.17) is 5.73 Å². The van der Waals surface area contributed by atoms with E-state index in [-0.39, 0.29) is 23.9 Å². The first-order chi connectivity index (χ1) is 8.61. The zero-order valence-corrected chi connectivity index (χ0v) is 11.5. The van der Waals surface area contributed by atoms with Crippen LogP contribution >= 0.6 is 12.4 Å². The lowest BCUT2D eigenvalue weighted by Gasteiger charge is -2.30. The fourth-order valence-electron chi connectivity index (χ4n) is 2.77. The molecule has 5 heteroatoms. The number of rotatable bonds is 3. The second-order valence-electron chi connectivity index (χ2n) is 5.05. The monoisotopic (exact) mass is 291 g/mol. The van der Waals surface area contributed by atoms with Crippen molar-refractivity contribution in [3.05, 3.63) is 35.4 Å². The minimum absolute atomic E-state index is 0. The third kappa shape index (κ3) is 3.65.